The molecule has 114 valence electrons. The van der Waals surface area contributed by atoms with E-state index in [0.29, 0.717) is 6.61 Å². The maximum Gasteiger partial charge on any atom is 0.161 e. The maximum atomic E-state index is 5.84. The first kappa shape index (κ1) is 15.8. The fourth-order valence-corrected chi connectivity index (χ4v) is 2.91. The molecule has 1 unspecified atom stereocenters. The number of nitrogens with zero attached hydrogens (tertiary/aromatic N) is 1. The van der Waals surface area contributed by atoms with Crippen LogP contribution in [0.3, 0.4) is 0 Å². The van der Waals surface area contributed by atoms with E-state index in [4.69, 9.17) is 15.2 Å². The van der Waals surface area contributed by atoms with E-state index in [1.54, 1.807) is 18.4 Å². The Morgan fingerprint density at radius 2 is 2.14 bits per heavy atom. The van der Waals surface area contributed by atoms with Crippen LogP contribution in [0.4, 0.5) is 0 Å². The Bertz CT molecular complexity index is 581. The maximum absolute atomic E-state index is 5.84. The number of hydrogen-bond acceptors (Lipinski definition) is 5. The summed E-state index contributed by atoms with van der Waals surface area (Å²) in [6.07, 6.45) is 1.69. The fraction of sp³-hybridized carbons (Fsp3) is 0.438. The molecular formula is C16H22N2O2S. The number of aryl methyl sites for hydroxylation is 1. The van der Waals surface area contributed by atoms with Crippen molar-refractivity contribution >= 4 is 11.3 Å². The summed E-state index contributed by atoms with van der Waals surface area (Å²) < 4.78 is 11.2. The number of hydrogen-bond donors (Lipinski definition) is 1. The van der Waals surface area contributed by atoms with Gasteiger partial charge in [-0.3, -0.25) is 0 Å². The largest absolute Gasteiger partial charge is 0.493 e. The minimum atomic E-state index is 0.135. The fourth-order valence-electron chi connectivity index (χ4n) is 2.15. The third kappa shape index (κ3) is 4.44. The van der Waals surface area contributed by atoms with Crippen LogP contribution in [0.1, 0.15) is 23.1 Å². The summed E-state index contributed by atoms with van der Waals surface area (Å²) in [5.41, 5.74) is 9.94. The molecule has 0 spiro atoms. The van der Waals surface area contributed by atoms with Crippen molar-refractivity contribution in [3.63, 3.8) is 0 Å². The quantitative estimate of drug-likeness (QED) is 0.854. The molecule has 0 amide bonds. The Morgan fingerprint density at radius 3 is 2.76 bits per heavy atom. The van der Waals surface area contributed by atoms with Crippen LogP contribution in [0.15, 0.2) is 23.7 Å². The molecule has 0 aliphatic heterocycles. The van der Waals surface area contributed by atoms with Gasteiger partial charge in [0.15, 0.2) is 11.5 Å². The number of nitrogens with two attached hydrogens (primary N) is 1. The molecule has 0 bridgehead atoms. The van der Waals surface area contributed by atoms with Crippen molar-refractivity contribution in [1.82, 2.24) is 4.98 Å². The number of methoxy groups -OCH3 is 1. The first-order valence-corrected chi connectivity index (χ1v) is 7.92. The summed E-state index contributed by atoms with van der Waals surface area (Å²) in [6, 6.07) is 6.13. The number of thiazole rings is 1. The van der Waals surface area contributed by atoms with Crippen LogP contribution in [-0.4, -0.2) is 24.7 Å². The smallest absolute Gasteiger partial charge is 0.161 e. The van der Waals surface area contributed by atoms with E-state index in [1.807, 2.05) is 37.6 Å². The molecule has 4 nitrogen and oxygen atoms in total. The van der Waals surface area contributed by atoms with Gasteiger partial charge in [0.05, 0.1) is 24.9 Å². The first-order chi connectivity index (χ1) is 10.1. The van der Waals surface area contributed by atoms with Gasteiger partial charge in [-0.2, -0.15) is 0 Å². The van der Waals surface area contributed by atoms with E-state index in [9.17, 15) is 0 Å². The van der Waals surface area contributed by atoms with E-state index in [2.05, 4.69) is 4.98 Å². The lowest BCUT2D eigenvalue weighted by molar-refractivity contribution is 0.298. The highest BCUT2D eigenvalue weighted by Crippen LogP contribution is 2.28. The van der Waals surface area contributed by atoms with Crippen LogP contribution in [0.25, 0.3) is 0 Å². The van der Waals surface area contributed by atoms with E-state index in [-0.39, 0.29) is 6.04 Å². The number of aromatic nitrogens is 1. The summed E-state index contributed by atoms with van der Waals surface area (Å²) in [5.74, 6) is 1.53. The number of benzene rings is 1. The lowest BCUT2D eigenvalue weighted by atomic mass is 10.1. The van der Waals surface area contributed by atoms with Crippen LogP contribution in [0, 0.1) is 6.92 Å². The molecule has 5 heteroatoms. The Labute approximate surface area is 129 Å². The lowest BCUT2D eigenvalue weighted by Crippen LogP contribution is -2.17. The first-order valence-electron chi connectivity index (χ1n) is 7.04. The van der Waals surface area contributed by atoms with Crippen molar-refractivity contribution in [3.05, 3.63) is 39.8 Å². The normalized spacial score (nSPS) is 12.2. The minimum absolute atomic E-state index is 0.135. The zero-order valence-corrected chi connectivity index (χ0v) is 13.6. The van der Waals surface area contributed by atoms with Gasteiger partial charge in [-0.15, -0.1) is 11.3 Å². The van der Waals surface area contributed by atoms with Crippen molar-refractivity contribution in [1.29, 1.82) is 0 Å². The van der Waals surface area contributed by atoms with E-state index >= 15 is 0 Å². The Hall–Kier alpha value is -1.59. The van der Waals surface area contributed by atoms with Crippen molar-refractivity contribution in [2.75, 3.05) is 13.7 Å². The second kappa shape index (κ2) is 7.43. The standard InChI is InChI=1S/C16H22N2O2S/c1-11(17)8-13-4-5-14(15(9-13)19-3)20-7-6-16-12(2)18-10-21-16/h4-5,9-11H,6-8,17H2,1-3H3. The topological polar surface area (TPSA) is 57.4 Å². The molecule has 0 aliphatic rings. The Morgan fingerprint density at radius 1 is 1.33 bits per heavy atom. The Balaban J connectivity index is 1.97. The van der Waals surface area contributed by atoms with Crippen molar-refractivity contribution in [2.45, 2.75) is 32.7 Å². The molecule has 2 N–H and O–H groups in total. The average Bonchev–Trinajstić information content (AvgIpc) is 2.85. The van der Waals surface area contributed by atoms with Gasteiger partial charge < -0.3 is 15.2 Å². The van der Waals surface area contributed by atoms with Gasteiger partial charge in [0.1, 0.15) is 0 Å². The molecule has 0 saturated heterocycles. The van der Waals surface area contributed by atoms with Gasteiger partial charge in [0, 0.05) is 17.3 Å². The van der Waals surface area contributed by atoms with Crippen LogP contribution < -0.4 is 15.2 Å². The van der Waals surface area contributed by atoms with Crippen molar-refractivity contribution in [2.24, 2.45) is 5.73 Å². The van der Waals surface area contributed by atoms with Crippen LogP contribution >= 0.6 is 11.3 Å². The molecule has 0 aliphatic carbocycles. The highest BCUT2D eigenvalue weighted by Gasteiger charge is 2.08. The van der Waals surface area contributed by atoms with Gasteiger partial charge in [0.25, 0.3) is 0 Å². The molecule has 0 radical (unpaired) electrons. The predicted octanol–water partition coefficient (Wildman–Crippen LogP) is 2.97. The van der Waals surface area contributed by atoms with E-state index in [1.165, 1.54) is 4.88 Å². The van der Waals surface area contributed by atoms with Crippen molar-refractivity contribution < 1.29 is 9.47 Å². The summed E-state index contributed by atoms with van der Waals surface area (Å²) in [5, 5.41) is 0. The number of ether oxygens (including phenoxy) is 2. The molecule has 0 saturated carbocycles. The molecule has 1 aromatic carbocycles. The van der Waals surface area contributed by atoms with Gasteiger partial charge in [-0.25, -0.2) is 4.98 Å². The summed E-state index contributed by atoms with van der Waals surface area (Å²) in [6.45, 7) is 4.63. The predicted molar refractivity (Wildman–Crippen MR) is 86.4 cm³/mol. The molecule has 21 heavy (non-hydrogen) atoms. The zero-order valence-electron chi connectivity index (χ0n) is 12.8. The highest BCUT2D eigenvalue weighted by atomic mass is 32.1. The van der Waals surface area contributed by atoms with Crippen LogP contribution in [0.5, 0.6) is 11.5 Å². The molecule has 2 rings (SSSR count). The summed E-state index contributed by atoms with van der Waals surface area (Å²) >= 11 is 1.67. The second-order valence-electron chi connectivity index (χ2n) is 5.13. The van der Waals surface area contributed by atoms with E-state index < -0.39 is 0 Å². The average molecular weight is 306 g/mol. The Kier molecular flexibility index (Phi) is 5.59. The van der Waals surface area contributed by atoms with E-state index in [0.717, 1.165) is 35.6 Å². The minimum Gasteiger partial charge on any atom is -0.493 e. The van der Waals surface area contributed by atoms with Gasteiger partial charge in [0.2, 0.25) is 0 Å². The highest BCUT2D eigenvalue weighted by molar-refractivity contribution is 7.09. The molecular weight excluding hydrogens is 284 g/mol. The van der Waals surface area contributed by atoms with Crippen molar-refractivity contribution in [3.8, 4) is 11.5 Å². The molecule has 0 fully saturated rings. The SMILES string of the molecule is COc1cc(CC(C)N)ccc1OCCc1scnc1C. The van der Waals surface area contributed by atoms with Gasteiger partial charge in [-0.05, 0) is 38.0 Å². The third-order valence-corrected chi connectivity index (χ3v) is 4.21. The molecule has 1 aromatic heterocycles. The second-order valence-corrected chi connectivity index (χ2v) is 6.07. The van der Waals surface area contributed by atoms with Gasteiger partial charge >= 0.3 is 0 Å². The lowest BCUT2D eigenvalue weighted by Gasteiger charge is -2.13. The number of rotatable bonds is 7. The van der Waals surface area contributed by atoms with Crippen LogP contribution in [0.2, 0.25) is 0 Å². The molecule has 2 aromatic rings. The van der Waals surface area contributed by atoms with Gasteiger partial charge in [-0.1, -0.05) is 6.07 Å². The zero-order chi connectivity index (χ0) is 15.2. The molecule has 1 atom stereocenters. The third-order valence-electron chi connectivity index (χ3n) is 3.22. The van der Waals surface area contributed by atoms with Crippen LogP contribution in [-0.2, 0) is 12.8 Å². The summed E-state index contributed by atoms with van der Waals surface area (Å²) in [4.78, 5) is 5.51. The monoisotopic (exact) mass is 306 g/mol. The molecule has 1 heterocycles. The summed E-state index contributed by atoms with van der Waals surface area (Å²) in [7, 11) is 1.66.